The van der Waals surface area contributed by atoms with Crippen LogP contribution in [0, 0.1) is 0 Å². The number of rotatable bonds is 3. The number of nitrogens with two attached hydrogens (primary N) is 1. The van der Waals surface area contributed by atoms with Crippen LogP contribution in [0.25, 0.3) is 0 Å². The van der Waals surface area contributed by atoms with Gasteiger partial charge in [0.15, 0.2) is 0 Å². The molecule has 0 fully saturated rings. The molecule has 0 bridgehead atoms. The molecular weight excluding hydrogens is 328 g/mol. The van der Waals surface area contributed by atoms with Crippen LogP contribution in [0.1, 0.15) is 15.9 Å². The smallest absolute Gasteiger partial charge is 0.251 e. The number of nitrogens with one attached hydrogen (secondary N) is 2. The summed E-state index contributed by atoms with van der Waals surface area (Å²) in [4.78, 5) is 16.1. The van der Waals surface area contributed by atoms with Crippen LogP contribution in [0.4, 0.5) is 11.4 Å². The van der Waals surface area contributed by atoms with Crippen molar-refractivity contribution in [3.05, 3.63) is 53.6 Å². The van der Waals surface area contributed by atoms with Crippen molar-refractivity contribution >= 4 is 33.1 Å². The van der Waals surface area contributed by atoms with Crippen LogP contribution in [0.2, 0.25) is 0 Å². The minimum Gasteiger partial charge on any atom is -0.355 e. The van der Waals surface area contributed by atoms with Gasteiger partial charge in [0.2, 0.25) is 10.0 Å². The number of amides is 1. The summed E-state index contributed by atoms with van der Waals surface area (Å²) in [6, 6.07) is 11.7. The third kappa shape index (κ3) is 3.29. The summed E-state index contributed by atoms with van der Waals surface area (Å²) in [6.07, 6.45) is 0.546. The molecule has 1 aliphatic heterocycles. The fraction of sp³-hybridized carbons (Fsp3) is 0.125. The topological polar surface area (TPSA) is 114 Å². The van der Waals surface area contributed by atoms with E-state index in [1.54, 1.807) is 31.3 Å². The Labute approximate surface area is 139 Å². The van der Waals surface area contributed by atoms with Crippen LogP contribution in [0.3, 0.4) is 0 Å². The SMILES string of the molecule is CNC(=O)c1cccc(NC2=Nc3cc(S(N)(=O)=O)ccc3C2)c1. The summed E-state index contributed by atoms with van der Waals surface area (Å²) in [5.41, 5.74) is 2.75. The average Bonchev–Trinajstić information content (AvgIpc) is 2.94. The molecule has 3 rings (SSSR count). The standard InChI is InChI=1S/C16H16N4O3S/c1-18-16(21)11-3-2-4-12(7-11)19-15-8-10-5-6-13(24(17,22)23)9-14(10)20-15/h2-7,9H,8H2,1H3,(H,18,21)(H,19,20)(H2,17,22,23). The van der Waals surface area contributed by atoms with Crippen molar-refractivity contribution < 1.29 is 13.2 Å². The van der Waals surface area contributed by atoms with Gasteiger partial charge < -0.3 is 10.6 Å². The lowest BCUT2D eigenvalue weighted by atomic mass is 10.1. The van der Waals surface area contributed by atoms with Gasteiger partial charge in [0.25, 0.3) is 5.91 Å². The van der Waals surface area contributed by atoms with Crippen molar-refractivity contribution in [3.8, 4) is 0 Å². The van der Waals surface area contributed by atoms with Crippen molar-refractivity contribution in [3.63, 3.8) is 0 Å². The molecule has 0 atom stereocenters. The normalized spacial score (nSPS) is 13.2. The lowest BCUT2D eigenvalue weighted by molar-refractivity contribution is 0.0963. The summed E-state index contributed by atoms with van der Waals surface area (Å²) >= 11 is 0. The number of carbonyl (C=O) groups excluding carboxylic acids is 1. The van der Waals surface area contributed by atoms with Crippen LogP contribution in [-0.2, 0) is 16.4 Å². The van der Waals surface area contributed by atoms with E-state index in [1.807, 2.05) is 6.07 Å². The van der Waals surface area contributed by atoms with Crippen LogP contribution in [0.15, 0.2) is 52.4 Å². The molecule has 0 spiro atoms. The second-order valence-corrected chi connectivity index (χ2v) is 6.92. The molecule has 124 valence electrons. The molecule has 2 aromatic rings. The Morgan fingerprint density at radius 1 is 1.21 bits per heavy atom. The minimum absolute atomic E-state index is 0.0351. The van der Waals surface area contributed by atoms with Gasteiger partial charge >= 0.3 is 0 Å². The third-order valence-electron chi connectivity index (χ3n) is 3.64. The molecule has 0 aliphatic carbocycles. The molecule has 0 saturated carbocycles. The number of fused-ring (bicyclic) bond motifs is 1. The number of hydrogen-bond acceptors (Lipinski definition) is 5. The molecule has 24 heavy (non-hydrogen) atoms. The van der Waals surface area contributed by atoms with E-state index < -0.39 is 10.0 Å². The number of benzene rings is 2. The van der Waals surface area contributed by atoms with Gasteiger partial charge in [-0.2, -0.15) is 0 Å². The van der Waals surface area contributed by atoms with Crippen molar-refractivity contribution in [1.29, 1.82) is 0 Å². The fourth-order valence-electron chi connectivity index (χ4n) is 2.46. The zero-order valence-corrected chi connectivity index (χ0v) is 13.7. The Balaban J connectivity index is 1.83. The maximum atomic E-state index is 11.7. The highest BCUT2D eigenvalue weighted by Gasteiger charge is 2.18. The van der Waals surface area contributed by atoms with Gasteiger partial charge in [0, 0.05) is 24.7 Å². The van der Waals surface area contributed by atoms with Crippen molar-refractivity contribution in [2.24, 2.45) is 10.1 Å². The van der Waals surface area contributed by atoms with E-state index in [2.05, 4.69) is 15.6 Å². The summed E-state index contributed by atoms with van der Waals surface area (Å²) in [5, 5.41) is 10.9. The van der Waals surface area contributed by atoms with Gasteiger partial charge in [0.05, 0.1) is 10.6 Å². The molecule has 7 nitrogen and oxygen atoms in total. The van der Waals surface area contributed by atoms with Crippen LogP contribution in [-0.4, -0.2) is 27.2 Å². The summed E-state index contributed by atoms with van der Waals surface area (Å²) in [5.74, 6) is 0.499. The number of nitrogens with zero attached hydrogens (tertiary/aromatic N) is 1. The Kier molecular flexibility index (Phi) is 4.08. The predicted octanol–water partition coefficient (Wildman–Crippen LogP) is 1.39. The first-order valence-corrected chi connectivity index (χ1v) is 8.74. The molecule has 1 amide bonds. The van der Waals surface area contributed by atoms with Crippen LogP contribution < -0.4 is 15.8 Å². The number of sulfonamides is 1. The van der Waals surface area contributed by atoms with Crippen molar-refractivity contribution in [1.82, 2.24) is 5.32 Å². The van der Waals surface area contributed by atoms with Gasteiger partial charge in [-0.3, -0.25) is 4.79 Å². The molecule has 2 aromatic carbocycles. The summed E-state index contributed by atoms with van der Waals surface area (Å²) in [6.45, 7) is 0. The first kappa shape index (κ1) is 16.2. The van der Waals surface area contributed by atoms with Crippen molar-refractivity contribution in [2.45, 2.75) is 11.3 Å². The maximum absolute atomic E-state index is 11.7. The fourth-order valence-corrected chi connectivity index (χ4v) is 2.99. The molecule has 4 N–H and O–H groups in total. The van der Waals surface area contributed by atoms with Crippen LogP contribution in [0.5, 0.6) is 0 Å². The number of carbonyl (C=O) groups is 1. The van der Waals surface area contributed by atoms with Gasteiger partial charge in [0.1, 0.15) is 5.84 Å². The Hall–Kier alpha value is -2.71. The number of amidine groups is 1. The summed E-state index contributed by atoms with van der Waals surface area (Å²) < 4.78 is 22.8. The molecular formula is C16H16N4O3S. The highest BCUT2D eigenvalue weighted by atomic mass is 32.2. The lowest BCUT2D eigenvalue weighted by Gasteiger charge is -2.07. The van der Waals surface area contributed by atoms with Gasteiger partial charge in [-0.1, -0.05) is 12.1 Å². The van der Waals surface area contributed by atoms with Gasteiger partial charge in [-0.15, -0.1) is 0 Å². The predicted molar refractivity (Wildman–Crippen MR) is 92.1 cm³/mol. The number of aliphatic imine (C=N–C) groups is 1. The number of hydrogen-bond donors (Lipinski definition) is 3. The number of primary sulfonamides is 1. The first-order valence-electron chi connectivity index (χ1n) is 7.19. The van der Waals surface area contributed by atoms with Gasteiger partial charge in [-0.05, 0) is 35.9 Å². The van der Waals surface area contributed by atoms with E-state index in [0.717, 1.165) is 11.3 Å². The van der Waals surface area contributed by atoms with Crippen LogP contribution >= 0.6 is 0 Å². The first-order chi connectivity index (χ1) is 11.4. The number of anilines is 1. The Bertz CT molecular complexity index is 952. The zero-order chi connectivity index (χ0) is 17.3. The minimum atomic E-state index is -3.75. The van der Waals surface area contributed by atoms with E-state index in [9.17, 15) is 13.2 Å². The Morgan fingerprint density at radius 2 is 2.00 bits per heavy atom. The monoisotopic (exact) mass is 344 g/mol. The highest BCUT2D eigenvalue weighted by molar-refractivity contribution is 7.89. The quantitative estimate of drug-likeness (QED) is 0.780. The molecule has 1 aliphatic rings. The molecule has 0 aromatic heterocycles. The van der Waals surface area contributed by atoms with E-state index in [0.29, 0.717) is 23.5 Å². The largest absolute Gasteiger partial charge is 0.355 e. The molecule has 0 radical (unpaired) electrons. The second-order valence-electron chi connectivity index (χ2n) is 5.36. The lowest BCUT2D eigenvalue weighted by Crippen LogP contribution is -2.18. The highest BCUT2D eigenvalue weighted by Crippen LogP contribution is 2.29. The molecule has 8 heteroatoms. The maximum Gasteiger partial charge on any atom is 0.251 e. The third-order valence-corrected chi connectivity index (χ3v) is 4.55. The molecule has 0 saturated heterocycles. The summed E-state index contributed by atoms with van der Waals surface area (Å²) in [7, 11) is -2.18. The van der Waals surface area contributed by atoms with E-state index in [4.69, 9.17) is 5.14 Å². The van der Waals surface area contributed by atoms with E-state index >= 15 is 0 Å². The zero-order valence-electron chi connectivity index (χ0n) is 12.9. The molecule has 1 heterocycles. The van der Waals surface area contributed by atoms with Gasteiger partial charge in [-0.25, -0.2) is 18.5 Å². The van der Waals surface area contributed by atoms with E-state index in [-0.39, 0.29) is 10.8 Å². The van der Waals surface area contributed by atoms with E-state index in [1.165, 1.54) is 12.1 Å². The second kappa shape index (κ2) is 6.06. The molecule has 0 unspecified atom stereocenters. The van der Waals surface area contributed by atoms with Crippen molar-refractivity contribution in [2.75, 3.05) is 12.4 Å². The Morgan fingerprint density at radius 3 is 2.71 bits per heavy atom. The average molecular weight is 344 g/mol.